The van der Waals surface area contributed by atoms with E-state index in [1.807, 2.05) is 6.92 Å². The highest BCUT2D eigenvalue weighted by Crippen LogP contribution is 2.09. The first-order chi connectivity index (χ1) is 6.45. The van der Waals surface area contributed by atoms with Crippen molar-refractivity contribution in [3.05, 3.63) is 0 Å². The number of nitrogens with two attached hydrogens (primary N) is 1. The molecule has 0 heterocycles. The van der Waals surface area contributed by atoms with Gasteiger partial charge >= 0.3 is 0 Å². The van der Waals surface area contributed by atoms with Crippen LogP contribution in [0.5, 0.6) is 0 Å². The molecule has 4 nitrogen and oxygen atoms in total. The fourth-order valence-electron chi connectivity index (χ4n) is 1.33. The van der Waals surface area contributed by atoms with E-state index in [0.717, 1.165) is 12.8 Å². The smallest absolute Gasteiger partial charge is 0.235 e. The van der Waals surface area contributed by atoms with E-state index in [9.17, 15) is 13.2 Å². The first-order valence-corrected chi connectivity index (χ1v) is 6.68. The molecule has 0 aromatic rings. The van der Waals surface area contributed by atoms with Crippen molar-refractivity contribution in [3.8, 4) is 0 Å². The zero-order chi connectivity index (χ0) is 11.2. The summed E-state index contributed by atoms with van der Waals surface area (Å²) >= 11 is 0. The second kappa shape index (κ2) is 6.01. The maximum atomic E-state index is 11.6. The summed E-state index contributed by atoms with van der Waals surface area (Å²) in [6.45, 7) is 3.66. The van der Waals surface area contributed by atoms with E-state index in [1.165, 1.54) is 0 Å². The van der Waals surface area contributed by atoms with Gasteiger partial charge in [0, 0.05) is 0 Å². The van der Waals surface area contributed by atoms with Crippen molar-refractivity contribution in [3.63, 3.8) is 0 Å². The van der Waals surface area contributed by atoms with Crippen molar-refractivity contribution in [2.45, 2.75) is 44.8 Å². The third-order valence-corrected chi connectivity index (χ3v) is 4.44. The second-order valence-corrected chi connectivity index (χ2v) is 5.68. The van der Waals surface area contributed by atoms with Crippen LogP contribution < -0.4 is 5.73 Å². The molecular formula is C9H19NO3S. The Morgan fingerprint density at radius 1 is 1.29 bits per heavy atom. The van der Waals surface area contributed by atoms with Crippen molar-refractivity contribution >= 4 is 15.7 Å². The van der Waals surface area contributed by atoms with Crippen molar-refractivity contribution in [2.75, 3.05) is 5.75 Å². The van der Waals surface area contributed by atoms with Crippen LogP contribution >= 0.6 is 0 Å². The number of hydrogen-bond donors (Lipinski definition) is 1. The van der Waals surface area contributed by atoms with Crippen LogP contribution in [0.4, 0.5) is 0 Å². The molecule has 0 spiro atoms. The number of hydrogen-bond acceptors (Lipinski definition) is 3. The molecule has 1 atom stereocenters. The average Bonchev–Trinajstić information content (AvgIpc) is 2.04. The predicted octanol–water partition coefficient (Wildman–Crippen LogP) is 0.855. The Balaban J connectivity index is 4.35. The summed E-state index contributed by atoms with van der Waals surface area (Å²) in [7, 11) is -3.32. The molecular weight excluding hydrogens is 202 g/mol. The molecule has 14 heavy (non-hydrogen) atoms. The Hall–Kier alpha value is -0.580. The number of unbranched alkanes of at least 4 members (excludes halogenated alkanes) is 2. The van der Waals surface area contributed by atoms with Gasteiger partial charge in [-0.25, -0.2) is 8.42 Å². The number of amides is 1. The van der Waals surface area contributed by atoms with Gasteiger partial charge in [-0.05, 0) is 12.8 Å². The van der Waals surface area contributed by atoms with Crippen LogP contribution in [0.1, 0.15) is 39.5 Å². The first-order valence-electron chi connectivity index (χ1n) is 4.96. The number of rotatable bonds is 7. The fraction of sp³-hybridized carbons (Fsp3) is 0.889. The molecule has 0 saturated carbocycles. The molecule has 0 bridgehead atoms. The Labute approximate surface area is 85.8 Å². The molecule has 5 heteroatoms. The minimum atomic E-state index is -3.32. The van der Waals surface area contributed by atoms with E-state index >= 15 is 0 Å². The van der Waals surface area contributed by atoms with E-state index in [0.29, 0.717) is 6.42 Å². The van der Waals surface area contributed by atoms with Crippen LogP contribution in [0.3, 0.4) is 0 Å². The lowest BCUT2D eigenvalue weighted by molar-refractivity contribution is -0.117. The summed E-state index contributed by atoms with van der Waals surface area (Å²) in [5, 5.41) is -1.00. The van der Waals surface area contributed by atoms with Crippen LogP contribution in [0.15, 0.2) is 0 Å². The summed E-state index contributed by atoms with van der Waals surface area (Å²) < 4.78 is 23.2. The van der Waals surface area contributed by atoms with Crippen LogP contribution in [0.2, 0.25) is 0 Å². The monoisotopic (exact) mass is 221 g/mol. The molecule has 84 valence electrons. The molecule has 0 saturated heterocycles. The average molecular weight is 221 g/mol. The molecule has 0 aliphatic heterocycles. The van der Waals surface area contributed by atoms with Crippen LogP contribution in [-0.4, -0.2) is 25.3 Å². The molecule has 0 rings (SSSR count). The largest absolute Gasteiger partial charge is 0.369 e. The third kappa shape index (κ3) is 4.09. The topological polar surface area (TPSA) is 77.2 Å². The minimum Gasteiger partial charge on any atom is -0.369 e. The lowest BCUT2D eigenvalue weighted by Crippen LogP contribution is -2.36. The summed E-state index contributed by atoms with van der Waals surface area (Å²) in [5.74, 6) is -0.661. The third-order valence-electron chi connectivity index (χ3n) is 2.15. The lowest BCUT2D eigenvalue weighted by atomic mass is 10.3. The molecule has 0 radical (unpaired) electrons. The molecule has 1 unspecified atom stereocenters. The van der Waals surface area contributed by atoms with Crippen LogP contribution in [0.25, 0.3) is 0 Å². The fourth-order valence-corrected chi connectivity index (χ4v) is 3.08. The highest BCUT2D eigenvalue weighted by molar-refractivity contribution is 7.92. The summed E-state index contributed by atoms with van der Waals surface area (Å²) in [4.78, 5) is 10.9. The predicted molar refractivity (Wildman–Crippen MR) is 56.6 cm³/mol. The normalized spacial score (nSPS) is 13.9. The van der Waals surface area contributed by atoms with Crippen molar-refractivity contribution in [2.24, 2.45) is 5.73 Å². The number of primary amides is 1. The summed E-state index contributed by atoms with van der Waals surface area (Å²) in [6.07, 6.45) is 2.71. The van der Waals surface area contributed by atoms with E-state index in [4.69, 9.17) is 5.73 Å². The van der Waals surface area contributed by atoms with E-state index < -0.39 is 21.0 Å². The molecule has 0 fully saturated rings. The van der Waals surface area contributed by atoms with Gasteiger partial charge in [-0.2, -0.15) is 0 Å². The van der Waals surface area contributed by atoms with E-state index in [-0.39, 0.29) is 12.2 Å². The highest BCUT2D eigenvalue weighted by Gasteiger charge is 2.27. The van der Waals surface area contributed by atoms with Crippen LogP contribution in [0, 0.1) is 0 Å². The van der Waals surface area contributed by atoms with Gasteiger partial charge in [-0.15, -0.1) is 0 Å². The second-order valence-electron chi connectivity index (χ2n) is 3.37. The first kappa shape index (κ1) is 13.4. The quantitative estimate of drug-likeness (QED) is 0.647. The standard InChI is InChI=1S/C9H19NO3S/c1-3-5-6-7-14(12,13)8(4-2)9(10)11/h8H,3-7H2,1-2H3,(H2,10,11). The molecule has 0 aliphatic carbocycles. The zero-order valence-corrected chi connectivity index (χ0v) is 9.64. The molecule has 0 aromatic carbocycles. The van der Waals surface area contributed by atoms with E-state index in [1.54, 1.807) is 6.92 Å². The van der Waals surface area contributed by atoms with Gasteiger partial charge in [0.15, 0.2) is 9.84 Å². The highest BCUT2D eigenvalue weighted by atomic mass is 32.2. The maximum Gasteiger partial charge on any atom is 0.235 e. The van der Waals surface area contributed by atoms with Gasteiger partial charge in [-0.3, -0.25) is 4.79 Å². The van der Waals surface area contributed by atoms with Gasteiger partial charge in [-0.1, -0.05) is 26.7 Å². The van der Waals surface area contributed by atoms with Gasteiger partial charge in [0.1, 0.15) is 5.25 Å². The van der Waals surface area contributed by atoms with Crippen LogP contribution in [-0.2, 0) is 14.6 Å². The Kier molecular flexibility index (Phi) is 5.76. The number of carbonyl (C=O) groups excluding carboxylic acids is 1. The lowest BCUT2D eigenvalue weighted by Gasteiger charge is -2.11. The minimum absolute atomic E-state index is 0.0717. The van der Waals surface area contributed by atoms with Crippen molar-refractivity contribution < 1.29 is 13.2 Å². The summed E-state index contributed by atoms with van der Waals surface area (Å²) in [5.41, 5.74) is 5.02. The Morgan fingerprint density at radius 3 is 2.21 bits per heavy atom. The van der Waals surface area contributed by atoms with Crippen molar-refractivity contribution in [1.82, 2.24) is 0 Å². The molecule has 0 aromatic heterocycles. The number of sulfone groups is 1. The van der Waals surface area contributed by atoms with Gasteiger partial charge in [0.2, 0.25) is 5.91 Å². The van der Waals surface area contributed by atoms with Gasteiger partial charge in [0.25, 0.3) is 0 Å². The SMILES string of the molecule is CCCCCS(=O)(=O)C(CC)C(N)=O. The number of carbonyl (C=O) groups is 1. The molecule has 2 N–H and O–H groups in total. The van der Waals surface area contributed by atoms with Gasteiger partial charge in [0.05, 0.1) is 5.75 Å². The zero-order valence-electron chi connectivity index (χ0n) is 8.82. The van der Waals surface area contributed by atoms with Crippen molar-refractivity contribution in [1.29, 1.82) is 0 Å². The van der Waals surface area contributed by atoms with Gasteiger partial charge < -0.3 is 5.73 Å². The van der Waals surface area contributed by atoms with E-state index in [2.05, 4.69) is 0 Å². The Morgan fingerprint density at radius 2 is 1.86 bits per heavy atom. The maximum absolute atomic E-state index is 11.6. The molecule has 1 amide bonds. The molecule has 0 aliphatic rings. The Bertz CT molecular complexity index is 272. The summed E-state index contributed by atoms with van der Waals surface area (Å²) in [6, 6.07) is 0.